The molecule has 7 atom stereocenters. The maximum Gasteiger partial charge on any atom is 0.393 e. The molecule has 0 bridgehead atoms. The highest BCUT2D eigenvalue weighted by molar-refractivity contribution is 5.00. The molecule has 1 saturated carbocycles. The van der Waals surface area contributed by atoms with Crippen LogP contribution in [0.4, 0.5) is 13.2 Å². The van der Waals surface area contributed by atoms with Gasteiger partial charge in [-0.2, -0.15) is 13.2 Å². The lowest BCUT2D eigenvalue weighted by atomic mass is 9.70. The first kappa shape index (κ1) is 19.9. The Bertz CT molecular complexity index is 478. The van der Waals surface area contributed by atoms with Crippen LogP contribution >= 0.6 is 0 Å². The molecule has 8 heteroatoms. The molecule has 0 aromatic heterocycles. The molecule has 0 radical (unpaired) electrons. The van der Waals surface area contributed by atoms with Gasteiger partial charge in [0.15, 0.2) is 0 Å². The average molecular weight is 390 g/mol. The highest BCUT2D eigenvalue weighted by Crippen LogP contribution is 2.39. The van der Waals surface area contributed by atoms with Gasteiger partial charge in [-0.25, -0.2) is 5.43 Å². The van der Waals surface area contributed by atoms with Crippen LogP contribution < -0.4 is 21.5 Å². The van der Waals surface area contributed by atoms with Gasteiger partial charge in [0.25, 0.3) is 0 Å². The van der Waals surface area contributed by atoms with Gasteiger partial charge >= 0.3 is 6.18 Å². The van der Waals surface area contributed by atoms with Crippen LogP contribution in [0.1, 0.15) is 51.4 Å². The first-order valence-corrected chi connectivity index (χ1v) is 10.7. The molecule has 5 nitrogen and oxygen atoms in total. The number of ether oxygens (including phenoxy) is 1. The molecule has 3 heterocycles. The molecule has 0 amide bonds. The number of halogens is 3. The zero-order valence-corrected chi connectivity index (χ0v) is 15.9. The van der Waals surface area contributed by atoms with Gasteiger partial charge in [-0.05, 0) is 50.4 Å². The van der Waals surface area contributed by atoms with Crippen molar-refractivity contribution in [1.29, 1.82) is 0 Å². The average Bonchev–Trinajstić information content (AvgIpc) is 3.19. The van der Waals surface area contributed by atoms with Gasteiger partial charge in [0.1, 0.15) is 0 Å². The topological polar surface area (TPSA) is 57.3 Å². The highest BCUT2D eigenvalue weighted by atomic mass is 19.4. The Morgan fingerprint density at radius 2 is 1.74 bits per heavy atom. The second-order valence-electron chi connectivity index (χ2n) is 8.78. The molecule has 0 aromatic rings. The summed E-state index contributed by atoms with van der Waals surface area (Å²) in [6.45, 7) is 1.77. The van der Waals surface area contributed by atoms with Crippen molar-refractivity contribution in [3.63, 3.8) is 0 Å². The molecular formula is C19H33F3N4O. The monoisotopic (exact) mass is 390 g/mol. The van der Waals surface area contributed by atoms with E-state index < -0.39 is 12.1 Å². The molecule has 0 spiro atoms. The summed E-state index contributed by atoms with van der Waals surface area (Å²) in [6.07, 6.45) is 4.31. The summed E-state index contributed by atoms with van der Waals surface area (Å²) in [5, 5.41) is 6.85. The van der Waals surface area contributed by atoms with Gasteiger partial charge in [-0.15, -0.1) is 0 Å². The summed E-state index contributed by atoms with van der Waals surface area (Å²) in [7, 11) is 0. The Kier molecular flexibility index (Phi) is 6.28. The van der Waals surface area contributed by atoms with Gasteiger partial charge in [-0.3, -0.25) is 10.7 Å². The van der Waals surface area contributed by atoms with Crippen molar-refractivity contribution in [2.75, 3.05) is 19.7 Å². The van der Waals surface area contributed by atoms with Crippen molar-refractivity contribution >= 4 is 0 Å². The van der Waals surface area contributed by atoms with Crippen LogP contribution in [0, 0.1) is 17.8 Å². The van der Waals surface area contributed by atoms with E-state index in [0.29, 0.717) is 24.4 Å². The lowest BCUT2D eigenvalue weighted by Gasteiger charge is -2.50. The van der Waals surface area contributed by atoms with Crippen LogP contribution in [0.2, 0.25) is 0 Å². The predicted octanol–water partition coefficient (Wildman–Crippen LogP) is 2.29. The number of hydrogen-bond donors (Lipinski definition) is 4. The number of fused-ring (bicyclic) bond motifs is 1. The SMILES string of the molecule is FC(F)(F)C1CCC(C2NNC(NCC3CCCO3)C3CCCCC32)NC1. The smallest absolute Gasteiger partial charge is 0.377 e. The van der Waals surface area contributed by atoms with Crippen LogP contribution in [0.25, 0.3) is 0 Å². The third-order valence-corrected chi connectivity index (χ3v) is 7.11. The fourth-order valence-electron chi connectivity index (χ4n) is 5.58. The van der Waals surface area contributed by atoms with E-state index >= 15 is 0 Å². The van der Waals surface area contributed by atoms with Gasteiger partial charge in [-0.1, -0.05) is 12.8 Å². The van der Waals surface area contributed by atoms with E-state index in [2.05, 4.69) is 21.5 Å². The van der Waals surface area contributed by atoms with E-state index in [1.807, 2.05) is 0 Å². The molecule has 27 heavy (non-hydrogen) atoms. The zero-order valence-electron chi connectivity index (χ0n) is 15.9. The number of hydrogen-bond acceptors (Lipinski definition) is 5. The van der Waals surface area contributed by atoms with Crippen LogP contribution in [0.5, 0.6) is 0 Å². The molecule has 4 N–H and O–H groups in total. The van der Waals surface area contributed by atoms with E-state index in [1.165, 1.54) is 19.3 Å². The third kappa shape index (κ3) is 4.61. The molecular weight excluding hydrogens is 357 g/mol. The van der Waals surface area contributed by atoms with Crippen LogP contribution in [0.15, 0.2) is 0 Å². The van der Waals surface area contributed by atoms with Crippen LogP contribution in [-0.2, 0) is 4.74 Å². The normalized spacial score (nSPS) is 43.4. The molecule has 1 aliphatic carbocycles. The maximum atomic E-state index is 13.0. The minimum atomic E-state index is -4.08. The largest absolute Gasteiger partial charge is 0.393 e. The maximum absolute atomic E-state index is 13.0. The third-order valence-electron chi connectivity index (χ3n) is 7.11. The van der Waals surface area contributed by atoms with E-state index in [-0.39, 0.29) is 31.2 Å². The van der Waals surface area contributed by atoms with Crippen molar-refractivity contribution in [2.24, 2.45) is 17.8 Å². The number of nitrogens with one attached hydrogen (secondary N) is 4. The minimum Gasteiger partial charge on any atom is -0.377 e. The van der Waals surface area contributed by atoms with Crippen molar-refractivity contribution in [2.45, 2.75) is 81.9 Å². The molecule has 7 unspecified atom stereocenters. The van der Waals surface area contributed by atoms with Crippen molar-refractivity contribution in [1.82, 2.24) is 21.5 Å². The number of alkyl halides is 3. The molecule has 156 valence electrons. The molecule has 4 fully saturated rings. The summed E-state index contributed by atoms with van der Waals surface area (Å²) in [6, 6.07) is 0.311. The fourth-order valence-corrected chi connectivity index (χ4v) is 5.58. The number of piperidine rings is 1. The Hall–Kier alpha value is -0.410. The zero-order chi connectivity index (χ0) is 18.9. The number of rotatable bonds is 4. The first-order valence-electron chi connectivity index (χ1n) is 10.7. The van der Waals surface area contributed by atoms with Gasteiger partial charge in [0, 0.05) is 31.8 Å². The van der Waals surface area contributed by atoms with E-state index in [4.69, 9.17) is 4.74 Å². The second-order valence-corrected chi connectivity index (χ2v) is 8.78. The second kappa shape index (κ2) is 8.53. The lowest BCUT2D eigenvalue weighted by Crippen LogP contribution is -2.70. The van der Waals surface area contributed by atoms with E-state index in [9.17, 15) is 13.2 Å². The van der Waals surface area contributed by atoms with E-state index in [1.54, 1.807) is 0 Å². The summed E-state index contributed by atoms with van der Waals surface area (Å²) in [5.74, 6) is -0.177. The Morgan fingerprint density at radius 3 is 2.41 bits per heavy atom. The molecule has 3 saturated heterocycles. The standard InChI is InChI=1S/C19H33F3N4O/c20-19(21,22)12-7-8-16(23-10-12)17-14-5-1-2-6-15(14)18(26-25-17)24-11-13-4-3-9-27-13/h12-18,23-26H,1-11H2. The van der Waals surface area contributed by atoms with Gasteiger partial charge in [0.05, 0.1) is 18.2 Å². The van der Waals surface area contributed by atoms with Crippen molar-refractivity contribution in [3.05, 3.63) is 0 Å². The molecule has 4 rings (SSSR count). The minimum absolute atomic E-state index is 0.0461. The first-order chi connectivity index (χ1) is 13.0. The predicted molar refractivity (Wildman–Crippen MR) is 96.8 cm³/mol. The van der Waals surface area contributed by atoms with Crippen LogP contribution in [-0.4, -0.2) is 50.2 Å². The Labute approximate surface area is 159 Å². The fraction of sp³-hybridized carbons (Fsp3) is 1.00. The Balaban J connectivity index is 1.34. The van der Waals surface area contributed by atoms with Crippen molar-refractivity contribution in [3.8, 4) is 0 Å². The number of hydrazine groups is 1. The highest BCUT2D eigenvalue weighted by Gasteiger charge is 2.47. The Morgan fingerprint density at radius 1 is 0.926 bits per heavy atom. The molecule has 3 aliphatic heterocycles. The van der Waals surface area contributed by atoms with Crippen LogP contribution in [0.3, 0.4) is 0 Å². The molecule has 0 aromatic carbocycles. The molecule has 4 aliphatic rings. The lowest BCUT2D eigenvalue weighted by molar-refractivity contribution is -0.180. The quantitative estimate of drug-likeness (QED) is 0.594. The van der Waals surface area contributed by atoms with Gasteiger partial charge in [0.2, 0.25) is 0 Å². The van der Waals surface area contributed by atoms with Crippen molar-refractivity contribution < 1.29 is 17.9 Å². The van der Waals surface area contributed by atoms with Gasteiger partial charge < -0.3 is 10.1 Å². The summed E-state index contributed by atoms with van der Waals surface area (Å²) < 4.78 is 44.6. The summed E-state index contributed by atoms with van der Waals surface area (Å²) in [4.78, 5) is 0. The summed E-state index contributed by atoms with van der Waals surface area (Å²) in [5.41, 5.74) is 6.92. The summed E-state index contributed by atoms with van der Waals surface area (Å²) >= 11 is 0. The van der Waals surface area contributed by atoms with E-state index in [0.717, 1.165) is 32.4 Å².